The average Bonchev–Trinajstić information content (AvgIpc) is 2.88. The SMILES string of the molecule is COC(=O)C1(C)OC[C@H]2O[C@H](OCc3ccccc3)[C@H](OC(=O)c3ccccc3)[C@@H](OC)[C@@H]2O1. The van der Waals surface area contributed by atoms with Crippen LogP contribution >= 0.6 is 0 Å². The van der Waals surface area contributed by atoms with Crippen LogP contribution in [0.15, 0.2) is 60.7 Å². The van der Waals surface area contributed by atoms with Gasteiger partial charge >= 0.3 is 11.9 Å². The van der Waals surface area contributed by atoms with Crippen LogP contribution in [0.5, 0.6) is 0 Å². The van der Waals surface area contributed by atoms with E-state index >= 15 is 0 Å². The fraction of sp³-hybridized carbons (Fsp3) is 0.440. The van der Waals surface area contributed by atoms with E-state index in [2.05, 4.69) is 0 Å². The highest BCUT2D eigenvalue weighted by Gasteiger charge is 2.57. The van der Waals surface area contributed by atoms with E-state index in [4.69, 9.17) is 33.2 Å². The van der Waals surface area contributed by atoms with Crippen molar-refractivity contribution in [3.63, 3.8) is 0 Å². The molecule has 2 aromatic rings. The van der Waals surface area contributed by atoms with Gasteiger partial charge in [-0.15, -0.1) is 0 Å². The lowest BCUT2D eigenvalue weighted by molar-refractivity contribution is -0.381. The fourth-order valence-corrected chi connectivity index (χ4v) is 4.03. The molecule has 0 saturated carbocycles. The molecular weight excluding hydrogens is 444 g/mol. The van der Waals surface area contributed by atoms with Crippen LogP contribution < -0.4 is 0 Å². The third-order valence-electron chi connectivity index (χ3n) is 5.81. The molecule has 182 valence electrons. The van der Waals surface area contributed by atoms with E-state index in [1.54, 1.807) is 30.3 Å². The van der Waals surface area contributed by atoms with Gasteiger partial charge in [-0.1, -0.05) is 48.5 Å². The van der Waals surface area contributed by atoms with Crippen molar-refractivity contribution in [3.05, 3.63) is 71.8 Å². The standard InChI is InChI=1S/C25H28O9/c1-25(24(27)29-3)31-15-18-19(34-25)20(28-2)21(33-22(26)17-12-8-5-9-13-17)23(32-18)30-14-16-10-6-4-7-11-16/h4-13,18-21,23H,14-15H2,1-3H3/t18-,19-,20+,21-,23+,25?/m1/s1. The second kappa shape index (κ2) is 10.6. The van der Waals surface area contributed by atoms with Gasteiger partial charge in [0.15, 0.2) is 12.4 Å². The molecule has 2 aromatic carbocycles. The zero-order valence-electron chi connectivity index (χ0n) is 19.2. The highest BCUT2D eigenvalue weighted by Crippen LogP contribution is 2.36. The summed E-state index contributed by atoms with van der Waals surface area (Å²) in [6, 6.07) is 18.1. The number of fused-ring (bicyclic) bond motifs is 1. The predicted octanol–water partition coefficient (Wildman–Crippen LogP) is 2.47. The summed E-state index contributed by atoms with van der Waals surface area (Å²) in [7, 11) is 2.72. The molecule has 0 spiro atoms. The number of rotatable bonds is 7. The van der Waals surface area contributed by atoms with E-state index in [0.717, 1.165) is 5.56 Å². The Labute approximate surface area is 197 Å². The van der Waals surface area contributed by atoms with Crippen LogP contribution in [0.4, 0.5) is 0 Å². The van der Waals surface area contributed by atoms with Gasteiger partial charge in [-0.2, -0.15) is 0 Å². The molecule has 0 N–H and O–H groups in total. The molecule has 2 heterocycles. The Hall–Kier alpha value is -2.82. The second-order valence-corrected chi connectivity index (χ2v) is 8.11. The molecule has 0 amide bonds. The number of hydrogen-bond acceptors (Lipinski definition) is 9. The van der Waals surface area contributed by atoms with Crippen LogP contribution in [0.1, 0.15) is 22.8 Å². The molecule has 0 bridgehead atoms. The highest BCUT2D eigenvalue weighted by atomic mass is 16.8. The predicted molar refractivity (Wildman–Crippen MR) is 118 cm³/mol. The minimum absolute atomic E-state index is 0.0284. The van der Waals surface area contributed by atoms with E-state index in [0.29, 0.717) is 5.56 Å². The Morgan fingerprint density at radius 3 is 2.32 bits per heavy atom. The number of methoxy groups -OCH3 is 2. The summed E-state index contributed by atoms with van der Waals surface area (Å²) in [4.78, 5) is 25.2. The first-order chi connectivity index (χ1) is 16.4. The van der Waals surface area contributed by atoms with E-state index in [9.17, 15) is 9.59 Å². The molecule has 0 aromatic heterocycles. The molecule has 1 unspecified atom stereocenters. The van der Waals surface area contributed by atoms with Crippen molar-refractivity contribution in [1.29, 1.82) is 0 Å². The van der Waals surface area contributed by atoms with E-state index in [1.807, 2.05) is 30.3 Å². The maximum atomic E-state index is 12.9. The minimum Gasteiger partial charge on any atom is -0.465 e. The highest BCUT2D eigenvalue weighted by molar-refractivity contribution is 5.89. The van der Waals surface area contributed by atoms with Gasteiger partial charge in [0.25, 0.3) is 5.79 Å². The molecular formula is C25H28O9. The third kappa shape index (κ3) is 5.13. The Morgan fingerprint density at radius 1 is 1.00 bits per heavy atom. The summed E-state index contributed by atoms with van der Waals surface area (Å²) in [5.41, 5.74) is 1.29. The summed E-state index contributed by atoms with van der Waals surface area (Å²) < 4.78 is 40.1. The molecule has 2 saturated heterocycles. The summed E-state index contributed by atoms with van der Waals surface area (Å²) in [5.74, 6) is -2.91. The summed E-state index contributed by atoms with van der Waals surface area (Å²) >= 11 is 0. The molecule has 0 aliphatic carbocycles. The molecule has 9 nitrogen and oxygen atoms in total. The van der Waals surface area contributed by atoms with Crippen molar-refractivity contribution in [2.45, 2.75) is 50.0 Å². The van der Waals surface area contributed by atoms with Crippen LogP contribution in [-0.2, 0) is 44.6 Å². The average molecular weight is 472 g/mol. The fourth-order valence-electron chi connectivity index (χ4n) is 4.03. The lowest BCUT2D eigenvalue weighted by atomic mass is 9.96. The van der Waals surface area contributed by atoms with E-state index < -0.39 is 48.4 Å². The topological polar surface area (TPSA) is 98.8 Å². The smallest absolute Gasteiger partial charge is 0.366 e. The number of ether oxygens (including phenoxy) is 7. The van der Waals surface area contributed by atoms with E-state index in [-0.39, 0.29) is 13.2 Å². The monoisotopic (exact) mass is 472 g/mol. The van der Waals surface area contributed by atoms with Crippen LogP contribution in [0.3, 0.4) is 0 Å². The van der Waals surface area contributed by atoms with Crippen LogP contribution in [0.25, 0.3) is 0 Å². The normalized spacial score (nSPS) is 30.7. The van der Waals surface area contributed by atoms with Gasteiger partial charge in [0.1, 0.15) is 18.3 Å². The largest absolute Gasteiger partial charge is 0.465 e. The Bertz CT molecular complexity index is 967. The third-order valence-corrected chi connectivity index (χ3v) is 5.81. The van der Waals surface area contributed by atoms with Crippen molar-refractivity contribution in [1.82, 2.24) is 0 Å². The van der Waals surface area contributed by atoms with Gasteiger partial charge in [-0.3, -0.25) is 0 Å². The summed E-state index contributed by atoms with van der Waals surface area (Å²) in [5, 5.41) is 0. The molecule has 0 radical (unpaired) electrons. The molecule has 6 atom stereocenters. The second-order valence-electron chi connectivity index (χ2n) is 8.11. The number of esters is 2. The van der Waals surface area contributed by atoms with Gasteiger partial charge < -0.3 is 33.2 Å². The van der Waals surface area contributed by atoms with Crippen molar-refractivity contribution < 1.29 is 42.7 Å². The molecule has 34 heavy (non-hydrogen) atoms. The molecule has 2 aliphatic heterocycles. The zero-order valence-corrected chi connectivity index (χ0v) is 19.2. The number of carbonyl (C=O) groups is 2. The first-order valence-electron chi connectivity index (χ1n) is 10.9. The van der Waals surface area contributed by atoms with Crippen molar-refractivity contribution in [3.8, 4) is 0 Å². The Morgan fingerprint density at radius 2 is 1.68 bits per heavy atom. The number of benzene rings is 2. The Kier molecular flexibility index (Phi) is 7.60. The lowest BCUT2D eigenvalue weighted by Crippen LogP contribution is -2.67. The maximum absolute atomic E-state index is 12.9. The van der Waals surface area contributed by atoms with E-state index in [1.165, 1.54) is 21.1 Å². The van der Waals surface area contributed by atoms with Crippen LogP contribution in [0.2, 0.25) is 0 Å². The molecule has 4 rings (SSSR count). The summed E-state index contributed by atoms with van der Waals surface area (Å²) in [6.07, 6.45) is -4.17. The first-order valence-corrected chi connectivity index (χ1v) is 10.9. The van der Waals surface area contributed by atoms with Crippen molar-refractivity contribution >= 4 is 11.9 Å². The number of carbonyl (C=O) groups excluding carboxylic acids is 2. The van der Waals surface area contributed by atoms with Gasteiger partial charge in [-0.05, 0) is 17.7 Å². The van der Waals surface area contributed by atoms with Crippen LogP contribution in [0, 0.1) is 0 Å². The molecule has 2 fully saturated rings. The minimum atomic E-state index is -1.65. The first kappa shape index (κ1) is 24.3. The molecule has 2 aliphatic rings. The van der Waals surface area contributed by atoms with Crippen LogP contribution in [-0.4, -0.2) is 69.3 Å². The van der Waals surface area contributed by atoms with Gasteiger partial charge in [0.2, 0.25) is 0 Å². The van der Waals surface area contributed by atoms with Gasteiger partial charge in [0, 0.05) is 14.0 Å². The maximum Gasteiger partial charge on any atom is 0.366 e. The summed E-state index contributed by atoms with van der Waals surface area (Å²) in [6.45, 7) is 1.71. The zero-order chi connectivity index (χ0) is 24.1. The van der Waals surface area contributed by atoms with Gasteiger partial charge in [0.05, 0.1) is 25.9 Å². The van der Waals surface area contributed by atoms with Crippen molar-refractivity contribution in [2.24, 2.45) is 0 Å². The van der Waals surface area contributed by atoms with Crippen molar-refractivity contribution in [2.75, 3.05) is 20.8 Å². The van der Waals surface area contributed by atoms with Gasteiger partial charge in [-0.25, -0.2) is 9.59 Å². The Balaban J connectivity index is 1.58. The lowest BCUT2D eigenvalue weighted by Gasteiger charge is -2.49. The quantitative estimate of drug-likeness (QED) is 0.563. The molecule has 9 heteroatoms. The number of hydrogen-bond donors (Lipinski definition) is 0.